The molecule has 1 amide bonds. The van der Waals surface area contributed by atoms with Crippen LogP contribution in [0.5, 0.6) is 0 Å². The van der Waals surface area contributed by atoms with E-state index in [2.05, 4.69) is 5.32 Å². The van der Waals surface area contributed by atoms with Crippen molar-refractivity contribution in [3.05, 3.63) is 41.5 Å². The summed E-state index contributed by atoms with van der Waals surface area (Å²) in [5.74, 6) is -1.14. The molecule has 1 fully saturated rings. The average molecular weight is 289 g/mol. The molecule has 1 unspecified atom stereocenters. The van der Waals surface area contributed by atoms with Crippen LogP contribution in [0.4, 0.5) is 0 Å². The van der Waals surface area contributed by atoms with Gasteiger partial charge in [-0.25, -0.2) is 4.79 Å². The maximum absolute atomic E-state index is 12.2. The number of rotatable bonds is 4. The third kappa shape index (κ3) is 4.43. The Morgan fingerprint density at radius 1 is 1.33 bits per heavy atom. The molecule has 21 heavy (non-hydrogen) atoms. The third-order valence-corrected chi connectivity index (χ3v) is 3.44. The first-order valence-corrected chi connectivity index (χ1v) is 6.90. The van der Waals surface area contributed by atoms with Crippen LogP contribution in [0.25, 0.3) is 6.08 Å². The lowest BCUT2D eigenvalue weighted by molar-refractivity contribution is -0.131. The van der Waals surface area contributed by atoms with E-state index in [1.807, 2.05) is 6.92 Å². The van der Waals surface area contributed by atoms with E-state index < -0.39 is 5.97 Å². The number of hydrogen-bond donors (Lipinski definition) is 2. The minimum Gasteiger partial charge on any atom is -0.478 e. The Hall–Kier alpha value is -2.14. The van der Waals surface area contributed by atoms with E-state index in [0.717, 1.165) is 31.1 Å². The van der Waals surface area contributed by atoms with Gasteiger partial charge in [0.25, 0.3) is 5.91 Å². The maximum atomic E-state index is 12.2. The predicted molar refractivity (Wildman–Crippen MR) is 79.0 cm³/mol. The van der Waals surface area contributed by atoms with Gasteiger partial charge in [0.1, 0.15) is 0 Å². The molecule has 0 spiro atoms. The summed E-state index contributed by atoms with van der Waals surface area (Å²) in [6, 6.07) is 6.80. The molecular weight excluding hydrogens is 270 g/mol. The standard InChI is InChI=1S/C16H19NO4/c1-16(9-2-10-21-11-16)17-15(20)13-6-3-12(4-7-13)5-8-14(18)19/h3-8H,2,9-11H2,1H3,(H,17,20)(H,18,19)/b8-5+. The molecule has 1 aromatic rings. The molecule has 2 rings (SSSR count). The van der Waals surface area contributed by atoms with E-state index in [-0.39, 0.29) is 11.4 Å². The highest BCUT2D eigenvalue weighted by atomic mass is 16.5. The second-order valence-corrected chi connectivity index (χ2v) is 5.46. The van der Waals surface area contributed by atoms with Crippen LogP contribution < -0.4 is 5.32 Å². The van der Waals surface area contributed by atoms with Crippen LogP contribution in [0.3, 0.4) is 0 Å². The maximum Gasteiger partial charge on any atom is 0.328 e. The number of nitrogens with one attached hydrogen (secondary N) is 1. The summed E-state index contributed by atoms with van der Waals surface area (Å²) in [7, 11) is 0. The molecule has 0 radical (unpaired) electrons. The summed E-state index contributed by atoms with van der Waals surface area (Å²) in [5, 5.41) is 11.6. The highest BCUT2D eigenvalue weighted by Crippen LogP contribution is 2.19. The van der Waals surface area contributed by atoms with Gasteiger partial charge in [-0.15, -0.1) is 0 Å². The number of carboxylic acids is 1. The molecule has 2 N–H and O–H groups in total. The minimum atomic E-state index is -0.998. The van der Waals surface area contributed by atoms with Crippen molar-refractivity contribution in [2.75, 3.05) is 13.2 Å². The quantitative estimate of drug-likeness (QED) is 0.832. The normalized spacial score (nSPS) is 22.1. The summed E-state index contributed by atoms with van der Waals surface area (Å²) in [6.07, 6.45) is 4.39. The fraction of sp³-hybridized carbons (Fsp3) is 0.375. The van der Waals surface area contributed by atoms with E-state index in [9.17, 15) is 9.59 Å². The Balaban J connectivity index is 2.01. The van der Waals surface area contributed by atoms with Crippen molar-refractivity contribution in [1.29, 1.82) is 0 Å². The SMILES string of the molecule is CC1(NC(=O)c2ccc(/C=C/C(=O)O)cc2)CCCOC1. The van der Waals surface area contributed by atoms with Gasteiger partial charge in [-0.3, -0.25) is 4.79 Å². The number of carboxylic acid groups (broad SMARTS) is 1. The van der Waals surface area contributed by atoms with Crippen molar-refractivity contribution in [3.63, 3.8) is 0 Å². The van der Waals surface area contributed by atoms with Gasteiger partial charge < -0.3 is 15.2 Å². The lowest BCUT2D eigenvalue weighted by Gasteiger charge is -2.34. The van der Waals surface area contributed by atoms with Crippen LogP contribution in [0, 0.1) is 0 Å². The number of benzene rings is 1. The summed E-state index contributed by atoms with van der Waals surface area (Å²) in [4.78, 5) is 22.7. The molecule has 0 aromatic heterocycles. The molecule has 0 bridgehead atoms. The second kappa shape index (κ2) is 6.54. The van der Waals surface area contributed by atoms with Crippen LogP contribution in [0.1, 0.15) is 35.7 Å². The Bertz CT molecular complexity index is 542. The van der Waals surface area contributed by atoms with E-state index >= 15 is 0 Å². The zero-order valence-electron chi connectivity index (χ0n) is 12.0. The number of aliphatic carboxylic acids is 1. The smallest absolute Gasteiger partial charge is 0.328 e. The fourth-order valence-electron chi connectivity index (χ4n) is 2.29. The summed E-state index contributed by atoms with van der Waals surface area (Å²) < 4.78 is 5.42. The summed E-state index contributed by atoms with van der Waals surface area (Å²) in [5.41, 5.74) is 0.965. The topological polar surface area (TPSA) is 75.6 Å². The minimum absolute atomic E-state index is 0.142. The Morgan fingerprint density at radius 2 is 2.05 bits per heavy atom. The van der Waals surface area contributed by atoms with Gasteiger partial charge in [0.2, 0.25) is 0 Å². The lowest BCUT2D eigenvalue weighted by Crippen LogP contribution is -2.51. The highest BCUT2D eigenvalue weighted by molar-refractivity contribution is 5.95. The lowest BCUT2D eigenvalue weighted by atomic mass is 9.94. The number of ether oxygens (including phenoxy) is 1. The van der Waals surface area contributed by atoms with Crippen LogP contribution in [-0.4, -0.2) is 35.7 Å². The monoisotopic (exact) mass is 289 g/mol. The van der Waals surface area contributed by atoms with Crippen LogP contribution in [0.2, 0.25) is 0 Å². The van der Waals surface area contributed by atoms with E-state index in [4.69, 9.17) is 9.84 Å². The van der Waals surface area contributed by atoms with E-state index in [0.29, 0.717) is 12.2 Å². The molecular formula is C16H19NO4. The van der Waals surface area contributed by atoms with Gasteiger partial charge in [-0.1, -0.05) is 12.1 Å². The van der Waals surface area contributed by atoms with Crippen molar-refractivity contribution < 1.29 is 19.4 Å². The molecule has 0 aliphatic carbocycles. The van der Waals surface area contributed by atoms with Crippen molar-refractivity contribution in [2.45, 2.75) is 25.3 Å². The summed E-state index contributed by atoms with van der Waals surface area (Å²) >= 11 is 0. The summed E-state index contributed by atoms with van der Waals surface area (Å²) in [6.45, 7) is 3.25. The molecule has 5 heteroatoms. The number of amides is 1. The predicted octanol–water partition coefficient (Wildman–Crippen LogP) is 2.08. The second-order valence-electron chi connectivity index (χ2n) is 5.46. The van der Waals surface area contributed by atoms with Gasteiger partial charge in [0.15, 0.2) is 0 Å². The first-order chi connectivity index (χ1) is 9.98. The number of carbonyl (C=O) groups excluding carboxylic acids is 1. The molecule has 1 aromatic carbocycles. The van der Waals surface area contributed by atoms with Crippen LogP contribution in [-0.2, 0) is 9.53 Å². The zero-order chi connectivity index (χ0) is 15.3. The molecule has 1 saturated heterocycles. The van der Waals surface area contributed by atoms with E-state index in [1.165, 1.54) is 6.08 Å². The van der Waals surface area contributed by atoms with Crippen molar-refractivity contribution >= 4 is 18.0 Å². The average Bonchev–Trinajstić information content (AvgIpc) is 2.46. The van der Waals surface area contributed by atoms with Crippen molar-refractivity contribution in [2.24, 2.45) is 0 Å². The number of carbonyl (C=O) groups is 2. The van der Waals surface area contributed by atoms with Gasteiger partial charge >= 0.3 is 5.97 Å². The molecule has 0 saturated carbocycles. The molecule has 112 valence electrons. The first kappa shape index (κ1) is 15.3. The van der Waals surface area contributed by atoms with Crippen molar-refractivity contribution in [1.82, 2.24) is 5.32 Å². The molecule has 1 aliphatic heterocycles. The van der Waals surface area contributed by atoms with E-state index in [1.54, 1.807) is 24.3 Å². The third-order valence-electron chi connectivity index (χ3n) is 3.44. The largest absolute Gasteiger partial charge is 0.478 e. The van der Waals surface area contributed by atoms with Gasteiger partial charge in [0, 0.05) is 18.2 Å². The van der Waals surface area contributed by atoms with Crippen LogP contribution >= 0.6 is 0 Å². The van der Waals surface area contributed by atoms with Gasteiger partial charge in [-0.2, -0.15) is 0 Å². The highest BCUT2D eigenvalue weighted by Gasteiger charge is 2.29. The Kier molecular flexibility index (Phi) is 4.75. The van der Waals surface area contributed by atoms with Crippen molar-refractivity contribution in [3.8, 4) is 0 Å². The molecule has 5 nitrogen and oxygen atoms in total. The molecule has 1 aliphatic rings. The molecule has 1 atom stereocenters. The Morgan fingerprint density at radius 3 is 2.62 bits per heavy atom. The van der Waals surface area contributed by atoms with Gasteiger partial charge in [-0.05, 0) is 43.5 Å². The first-order valence-electron chi connectivity index (χ1n) is 6.90. The number of hydrogen-bond acceptors (Lipinski definition) is 3. The van der Waals surface area contributed by atoms with Crippen LogP contribution in [0.15, 0.2) is 30.3 Å². The zero-order valence-corrected chi connectivity index (χ0v) is 12.0. The van der Waals surface area contributed by atoms with Gasteiger partial charge in [0.05, 0.1) is 12.1 Å². The molecule has 1 heterocycles. The fourth-order valence-corrected chi connectivity index (χ4v) is 2.29. The Labute approximate surface area is 123 Å².